The van der Waals surface area contributed by atoms with E-state index in [2.05, 4.69) is 26.8 Å². The molecule has 3 saturated carbocycles. The third kappa shape index (κ3) is 4.56. The largest absolute Gasteiger partial charge is 0.469 e. The molecule has 0 heterocycles. The van der Waals surface area contributed by atoms with E-state index in [0.717, 1.165) is 51.4 Å². The lowest BCUT2D eigenvalue weighted by atomic mass is 9.47. The van der Waals surface area contributed by atoms with Crippen molar-refractivity contribution >= 4 is 11.9 Å². The van der Waals surface area contributed by atoms with Gasteiger partial charge in [-0.25, -0.2) is 4.79 Å². The van der Waals surface area contributed by atoms with Gasteiger partial charge in [0.1, 0.15) is 6.10 Å². The van der Waals surface area contributed by atoms with E-state index < -0.39 is 6.10 Å². The summed E-state index contributed by atoms with van der Waals surface area (Å²) in [5.41, 5.74) is 2.02. The van der Waals surface area contributed by atoms with Crippen molar-refractivity contribution < 1.29 is 24.2 Å². The topological polar surface area (TPSA) is 72.8 Å². The van der Waals surface area contributed by atoms with Gasteiger partial charge in [0.25, 0.3) is 0 Å². The normalized spacial score (nSPS) is 39.4. The lowest BCUT2D eigenvalue weighted by Gasteiger charge is -2.58. The van der Waals surface area contributed by atoms with Crippen LogP contribution in [0.5, 0.6) is 0 Å². The number of carbonyl (C=O) groups is 2. The van der Waals surface area contributed by atoms with Crippen LogP contribution in [0.3, 0.4) is 0 Å². The number of esters is 2. The number of benzene rings is 1. The maximum Gasteiger partial charge on any atom is 0.338 e. The van der Waals surface area contributed by atoms with Crippen LogP contribution in [0.25, 0.3) is 0 Å². The second kappa shape index (κ2) is 10.2. The first kappa shape index (κ1) is 26.5. The Morgan fingerprint density at radius 3 is 2.57 bits per heavy atom. The monoisotopic (exact) mass is 508 g/mol. The summed E-state index contributed by atoms with van der Waals surface area (Å²) in [6.07, 6.45) is 10.4. The Morgan fingerprint density at radius 2 is 1.84 bits per heavy atom. The molecule has 0 aromatic heterocycles. The van der Waals surface area contributed by atoms with E-state index in [0.29, 0.717) is 41.6 Å². The molecular weight excluding hydrogens is 464 g/mol. The van der Waals surface area contributed by atoms with Crippen molar-refractivity contribution in [2.24, 2.45) is 40.4 Å². The van der Waals surface area contributed by atoms with Crippen LogP contribution >= 0.6 is 0 Å². The van der Waals surface area contributed by atoms with Crippen molar-refractivity contribution in [3.63, 3.8) is 0 Å². The molecule has 0 spiro atoms. The van der Waals surface area contributed by atoms with E-state index in [4.69, 9.17) is 9.47 Å². The van der Waals surface area contributed by atoms with E-state index in [9.17, 15) is 14.7 Å². The maximum absolute atomic E-state index is 12.7. The summed E-state index contributed by atoms with van der Waals surface area (Å²) in [5.74, 6) is 1.91. The zero-order valence-electron chi connectivity index (χ0n) is 22.9. The van der Waals surface area contributed by atoms with Crippen LogP contribution in [0.4, 0.5) is 0 Å². The number of methoxy groups -OCH3 is 1. The second-order valence-corrected chi connectivity index (χ2v) is 12.8. The van der Waals surface area contributed by atoms with Gasteiger partial charge < -0.3 is 14.6 Å². The summed E-state index contributed by atoms with van der Waals surface area (Å²) < 4.78 is 10.8. The van der Waals surface area contributed by atoms with Gasteiger partial charge in [0.2, 0.25) is 0 Å². The van der Waals surface area contributed by atoms with Crippen LogP contribution in [0, 0.1) is 40.4 Å². The minimum absolute atomic E-state index is 0.0340. The summed E-state index contributed by atoms with van der Waals surface area (Å²) in [6.45, 7) is 6.98. The third-order valence-electron chi connectivity index (χ3n) is 11.2. The maximum atomic E-state index is 12.7. The zero-order chi connectivity index (χ0) is 26.4. The summed E-state index contributed by atoms with van der Waals surface area (Å²) >= 11 is 0. The smallest absolute Gasteiger partial charge is 0.338 e. The molecule has 0 radical (unpaired) electrons. The fraction of sp³-hybridized carbons (Fsp3) is 0.688. The third-order valence-corrected chi connectivity index (χ3v) is 11.2. The van der Waals surface area contributed by atoms with Gasteiger partial charge in [0.15, 0.2) is 0 Å². The standard InChI is InChI=1S/C32H44O5/c1-20(10-15-29(34)36-4)25-13-14-26-24-12-11-22-18-23(37-30(35)21-8-6-5-7-9-21)16-17-31(22,2)27(24)19-28(33)32(25,26)3/h5-9,19-20,22-26,28,33H,10-18H2,1-4H3/t20-,22-,23-,24+,25-,26+,28+,31+,32-/m1/s1. The summed E-state index contributed by atoms with van der Waals surface area (Å²) in [5, 5.41) is 11.7. The second-order valence-electron chi connectivity index (χ2n) is 12.8. The van der Waals surface area contributed by atoms with Crippen molar-refractivity contribution in [2.75, 3.05) is 7.11 Å². The Labute approximate surface area is 222 Å². The molecule has 0 unspecified atom stereocenters. The highest BCUT2D eigenvalue weighted by Crippen LogP contribution is 2.66. The van der Waals surface area contributed by atoms with Gasteiger partial charge in [0, 0.05) is 11.8 Å². The fourth-order valence-electron chi connectivity index (χ4n) is 8.99. The first-order valence-electron chi connectivity index (χ1n) is 14.4. The molecule has 1 aromatic rings. The number of hydrogen-bond acceptors (Lipinski definition) is 5. The number of aliphatic hydroxyl groups is 1. The van der Waals surface area contributed by atoms with Gasteiger partial charge in [0.05, 0.1) is 18.8 Å². The Bertz CT molecular complexity index is 1030. The predicted octanol–water partition coefficient (Wildman–Crippen LogP) is 6.35. The molecule has 1 aromatic carbocycles. The van der Waals surface area contributed by atoms with Gasteiger partial charge in [-0.05, 0) is 98.5 Å². The molecule has 4 aliphatic rings. The van der Waals surface area contributed by atoms with Crippen LogP contribution in [-0.4, -0.2) is 36.4 Å². The number of carbonyl (C=O) groups excluding carboxylic acids is 2. The van der Waals surface area contributed by atoms with Crippen molar-refractivity contribution in [1.82, 2.24) is 0 Å². The van der Waals surface area contributed by atoms with E-state index in [-0.39, 0.29) is 28.9 Å². The van der Waals surface area contributed by atoms with Crippen LogP contribution in [0.2, 0.25) is 0 Å². The highest BCUT2D eigenvalue weighted by molar-refractivity contribution is 5.89. The minimum atomic E-state index is -0.457. The lowest BCUT2D eigenvalue weighted by molar-refractivity contribution is -0.141. The minimum Gasteiger partial charge on any atom is -0.469 e. The molecule has 0 saturated heterocycles. The van der Waals surface area contributed by atoms with Gasteiger partial charge in [-0.2, -0.15) is 0 Å². The molecule has 4 aliphatic carbocycles. The number of rotatable bonds is 6. The quantitative estimate of drug-likeness (QED) is 0.358. The molecule has 9 atom stereocenters. The van der Waals surface area contributed by atoms with Gasteiger partial charge >= 0.3 is 11.9 Å². The molecular formula is C32H44O5. The summed E-state index contributed by atoms with van der Waals surface area (Å²) in [4.78, 5) is 24.4. The number of fused-ring (bicyclic) bond motifs is 5. The van der Waals surface area contributed by atoms with Crippen LogP contribution in [0.15, 0.2) is 42.0 Å². The Hall–Kier alpha value is -2.14. The van der Waals surface area contributed by atoms with E-state index in [1.54, 1.807) is 0 Å². The fourth-order valence-corrected chi connectivity index (χ4v) is 8.99. The first-order valence-corrected chi connectivity index (χ1v) is 14.4. The summed E-state index contributed by atoms with van der Waals surface area (Å²) in [7, 11) is 1.45. The molecule has 5 rings (SSSR count). The molecule has 1 N–H and O–H groups in total. The zero-order valence-corrected chi connectivity index (χ0v) is 22.9. The van der Waals surface area contributed by atoms with Gasteiger partial charge in [-0.3, -0.25) is 4.79 Å². The lowest BCUT2D eigenvalue weighted by Crippen LogP contribution is -2.53. The van der Waals surface area contributed by atoms with Crippen LogP contribution in [0.1, 0.15) is 88.9 Å². The Kier molecular flexibility index (Phi) is 7.30. The molecule has 0 bridgehead atoms. The van der Waals surface area contributed by atoms with Crippen molar-refractivity contribution in [1.29, 1.82) is 0 Å². The van der Waals surface area contributed by atoms with Gasteiger partial charge in [-0.15, -0.1) is 0 Å². The Morgan fingerprint density at radius 1 is 1.08 bits per heavy atom. The Balaban J connectivity index is 1.31. The SMILES string of the molecule is COC(=O)CC[C@@H](C)[C@H]1CC[C@H]2[C@@H]3CC[C@@H]4C[C@H](OC(=O)c5ccccc5)CC[C@]4(C)C3=C[C@H](O)[C@]12C. The molecule has 37 heavy (non-hydrogen) atoms. The number of allylic oxidation sites excluding steroid dienone is 1. The van der Waals surface area contributed by atoms with Crippen molar-refractivity contribution in [3.8, 4) is 0 Å². The van der Waals surface area contributed by atoms with E-state index in [1.165, 1.54) is 12.7 Å². The molecule has 0 aliphatic heterocycles. The summed E-state index contributed by atoms with van der Waals surface area (Å²) in [6, 6.07) is 9.29. The van der Waals surface area contributed by atoms with E-state index in [1.807, 2.05) is 30.3 Å². The molecule has 0 amide bonds. The highest BCUT2D eigenvalue weighted by atomic mass is 16.5. The number of aliphatic hydroxyl groups excluding tert-OH is 1. The first-order chi connectivity index (χ1) is 17.7. The van der Waals surface area contributed by atoms with Crippen molar-refractivity contribution in [3.05, 3.63) is 47.5 Å². The molecule has 3 fully saturated rings. The molecule has 5 nitrogen and oxygen atoms in total. The number of hydrogen-bond donors (Lipinski definition) is 1. The molecule has 202 valence electrons. The molecule has 5 heteroatoms. The number of ether oxygens (including phenoxy) is 2. The average Bonchev–Trinajstić information content (AvgIpc) is 3.27. The van der Waals surface area contributed by atoms with Crippen LogP contribution in [-0.2, 0) is 14.3 Å². The van der Waals surface area contributed by atoms with Crippen LogP contribution < -0.4 is 0 Å². The highest BCUT2D eigenvalue weighted by Gasteiger charge is 2.60. The van der Waals surface area contributed by atoms with Gasteiger partial charge in [-0.1, -0.05) is 50.6 Å². The van der Waals surface area contributed by atoms with Crippen molar-refractivity contribution in [2.45, 2.75) is 90.8 Å². The average molecular weight is 509 g/mol. The van der Waals surface area contributed by atoms with E-state index >= 15 is 0 Å². The predicted molar refractivity (Wildman–Crippen MR) is 143 cm³/mol.